The Morgan fingerprint density at radius 2 is 0.930 bits per heavy atom. The van der Waals surface area contributed by atoms with Gasteiger partial charge in [-0.05, 0) is 56.3 Å². The molecule has 0 amide bonds. The van der Waals surface area contributed by atoms with Gasteiger partial charge in [-0.2, -0.15) is 0 Å². The lowest BCUT2D eigenvalue weighted by atomic mass is 9.79. The zero-order valence-corrected chi connectivity index (χ0v) is 24.1. The van der Waals surface area contributed by atoms with Gasteiger partial charge in [0.15, 0.2) is 17.5 Å². The van der Waals surface area contributed by atoms with Crippen LogP contribution >= 0.6 is 0 Å². The molecule has 3 heteroatoms. The molecule has 0 N–H and O–H groups in total. The Labute approximate surface area is 251 Å². The number of aromatic nitrogens is 3. The van der Waals surface area contributed by atoms with Crippen LogP contribution in [0.1, 0.15) is 25.0 Å². The van der Waals surface area contributed by atoms with E-state index >= 15 is 0 Å². The van der Waals surface area contributed by atoms with Crippen molar-refractivity contribution in [2.75, 3.05) is 0 Å². The Kier molecular flexibility index (Phi) is 5.80. The molecule has 1 aliphatic rings. The summed E-state index contributed by atoms with van der Waals surface area (Å²) in [6, 6.07) is 48.9. The third kappa shape index (κ3) is 4.16. The number of benzene rings is 6. The molecule has 3 nitrogen and oxygen atoms in total. The van der Waals surface area contributed by atoms with Gasteiger partial charge in [0.2, 0.25) is 0 Å². The number of rotatable bonds is 4. The van der Waals surface area contributed by atoms with Gasteiger partial charge in [-0.1, -0.05) is 141 Å². The monoisotopic (exact) mass is 551 g/mol. The zero-order chi connectivity index (χ0) is 29.0. The average molecular weight is 552 g/mol. The first kappa shape index (κ1) is 25.3. The second kappa shape index (κ2) is 9.85. The molecule has 0 radical (unpaired) electrons. The lowest BCUT2D eigenvalue weighted by Gasteiger charge is -2.24. The molecule has 0 atom stereocenters. The summed E-state index contributed by atoms with van der Waals surface area (Å²) in [5.74, 6) is 2.00. The molecule has 43 heavy (non-hydrogen) atoms. The maximum absolute atomic E-state index is 5.15. The van der Waals surface area contributed by atoms with Crippen molar-refractivity contribution in [3.8, 4) is 56.4 Å². The molecule has 7 aromatic rings. The Bertz CT molecular complexity index is 2080. The van der Waals surface area contributed by atoms with Crippen LogP contribution in [0.2, 0.25) is 0 Å². The number of fused-ring (bicyclic) bond motifs is 5. The summed E-state index contributed by atoms with van der Waals surface area (Å²) in [5.41, 5.74) is 10.4. The molecular formula is C40H29N3. The summed E-state index contributed by atoms with van der Waals surface area (Å²) in [4.78, 5) is 15.2. The second-order valence-electron chi connectivity index (χ2n) is 11.7. The lowest BCUT2D eigenvalue weighted by Crippen LogP contribution is -2.15. The summed E-state index contributed by atoms with van der Waals surface area (Å²) in [6.45, 7) is 4.68. The minimum Gasteiger partial charge on any atom is -0.208 e. The molecule has 6 aromatic carbocycles. The Morgan fingerprint density at radius 1 is 0.395 bits per heavy atom. The molecule has 0 fully saturated rings. The fraction of sp³-hybridized carbons (Fsp3) is 0.0750. The first-order chi connectivity index (χ1) is 21.1. The number of hydrogen-bond donors (Lipinski definition) is 0. The predicted molar refractivity (Wildman–Crippen MR) is 177 cm³/mol. The van der Waals surface area contributed by atoms with Gasteiger partial charge >= 0.3 is 0 Å². The Balaban J connectivity index is 1.47. The van der Waals surface area contributed by atoms with Crippen molar-refractivity contribution in [3.63, 3.8) is 0 Å². The van der Waals surface area contributed by atoms with Crippen LogP contribution in [0.25, 0.3) is 67.2 Å². The summed E-state index contributed by atoms with van der Waals surface area (Å²) in [5, 5.41) is 2.38. The first-order valence-electron chi connectivity index (χ1n) is 14.7. The minimum atomic E-state index is -0.138. The molecule has 8 rings (SSSR count). The summed E-state index contributed by atoms with van der Waals surface area (Å²) in [6.07, 6.45) is 0. The second-order valence-corrected chi connectivity index (χ2v) is 11.7. The zero-order valence-electron chi connectivity index (χ0n) is 24.1. The van der Waals surface area contributed by atoms with Crippen LogP contribution in [0.4, 0.5) is 0 Å². The SMILES string of the molecule is CC1(C)c2ccccc2-c2cc(-c3nc(-c4ccccc4)nc(-c4ccccc4)n3)c3cc(-c4ccccc4)ccc3c21. The van der Waals surface area contributed by atoms with E-state index < -0.39 is 0 Å². The van der Waals surface area contributed by atoms with E-state index in [1.807, 2.05) is 36.4 Å². The van der Waals surface area contributed by atoms with Crippen molar-refractivity contribution in [3.05, 3.63) is 151 Å². The van der Waals surface area contributed by atoms with Crippen molar-refractivity contribution < 1.29 is 0 Å². The summed E-state index contributed by atoms with van der Waals surface area (Å²) >= 11 is 0. The summed E-state index contributed by atoms with van der Waals surface area (Å²) < 4.78 is 0. The topological polar surface area (TPSA) is 38.7 Å². The third-order valence-electron chi connectivity index (χ3n) is 8.70. The third-order valence-corrected chi connectivity index (χ3v) is 8.70. The fourth-order valence-corrected chi connectivity index (χ4v) is 6.63. The molecule has 0 bridgehead atoms. The smallest absolute Gasteiger partial charge is 0.164 e. The average Bonchev–Trinajstić information content (AvgIpc) is 3.31. The number of nitrogens with zero attached hydrogens (tertiary/aromatic N) is 3. The largest absolute Gasteiger partial charge is 0.208 e. The van der Waals surface area contributed by atoms with Crippen LogP contribution in [-0.4, -0.2) is 15.0 Å². The quantitative estimate of drug-likeness (QED) is 0.218. The maximum atomic E-state index is 5.15. The van der Waals surface area contributed by atoms with Gasteiger partial charge < -0.3 is 0 Å². The van der Waals surface area contributed by atoms with Crippen LogP contribution in [0.3, 0.4) is 0 Å². The van der Waals surface area contributed by atoms with Crippen molar-refractivity contribution in [1.29, 1.82) is 0 Å². The molecule has 204 valence electrons. The standard InChI is InChI=1S/C40H29N3/c1-40(2)35-21-13-12-20-30(35)33-25-34(32-24-29(22-23-31(32)36(33)40)26-14-6-3-7-15-26)39-42-37(27-16-8-4-9-17-27)41-38(43-39)28-18-10-5-11-19-28/h3-25H,1-2H3. The fourth-order valence-electron chi connectivity index (χ4n) is 6.63. The Morgan fingerprint density at radius 3 is 1.56 bits per heavy atom. The molecule has 0 aliphatic heterocycles. The normalized spacial score (nSPS) is 13.1. The lowest BCUT2D eigenvalue weighted by molar-refractivity contribution is 0.666. The van der Waals surface area contributed by atoms with Gasteiger partial charge in [0.05, 0.1) is 0 Å². The maximum Gasteiger partial charge on any atom is 0.164 e. The predicted octanol–water partition coefficient (Wildman–Crippen LogP) is 10.00. The van der Waals surface area contributed by atoms with Crippen LogP contribution in [0.15, 0.2) is 140 Å². The molecule has 1 aromatic heterocycles. The van der Waals surface area contributed by atoms with E-state index in [4.69, 9.17) is 15.0 Å². The molecule has 1 heterocycles. The van der Waals surface area contributed by atoms with Crippen molar-refractivity contribution in [1.82, 2.24) is 15.0 Å². The first-order valence-corrected chi connectivity index (χ1v) is 14.7. The van der Waals surface area contributed by atoms with E-state index in [-0.39, 0.29) is 5.41 Å². The number of hydrogen-bond acceptors (Lipinski definition) is 3. The highest BCUT2D eigenvalue weighted by Crippen LogP contribution is 2.53. The minimum absolute atomic E-state index is 0.138. The van der Waals surface area contributed by atoms with E-state index in [0.29, 0.717) is 17.5 Å². The van der Waals surface area contributed by atoms with Crippen LogP contribution in [0, 0.1) is 0 Å². The van der Waals surface area contributed by atoms with Crippen molar-refractivity contribution in [2.24, 2.45) is 0 Å². The van der Waals surface area contributed by atoms with E-state index in [1.165, 1.54) is 38.8 Å². The molecule has 0 saturated carbocycles. The molecular weight excluding hydrogens is 522 g/mol. The van der Waals surface area contributed by atoms with Gasteiger partial charge in [0.1, 0.15) is 0 Å². The van der Waals surface area contributed by atoms with E-state index in [2.05, 4.69) is 117 Å². The molecule has 0 spiro atoms. The molecule has 0 unspecified atom stereocenters. The van der Waals surface area contributed by atoms with Gasteiger partial charge in [0.25, 0.3) is 0 Å². The van der Waals surface area contributed by atoms with E-state index in [0.717, 1.165) is 22.1 Å². The van der Waals surface area contributed by atoms with Crippen LogP contribution in [-0.2, 0) is 5.41 Å². The highest BCUT2D eigenvalue weighted by Gasteiger charge is 2.37. The van der Waals surface area contributed by atoms with Gasteiger partial charge in [-0.15, -0.1) is 0 Å². The van der Waals surface area contributed by atoms with Crippen molar-refractivity contribution in [2.45, 2.75) is 19.3 Å². The highest BCUT2D eigenvalue weighted by molar-refractivity contribution is 6.06. The van der Waals surface area contributed by atoms with E-state index in [1.54, 1.807) is 0 Å². The molecule has 0 saturated heterocycles. The summed E-state index contributed by atoms with van der Waals surface area (Å²) in [7, 11) is 0. The molecule has 1 aliphatic carbocycles. The van der Waals surface area contributed by atoms with Crippen LogP contribution < -0.4 is 0 Å². The van der Waals surface area contributed by atoms with Gasteiger partial charge in [0, 0.05) is 22.1 Å². The van der Waals surface area contributed by atoms with Crippen molar-refractivity contribution >= 4 is 10.8 Å². The van der Waals surface area contributed by atoms with Crippen LogP contribution in [0.5, 0.6) is 0 Å². The Hall–Kier alpha value is -5.41. The van der Waals surface area contributed by atoms with E-state index in [9.17, 15) is 0 Å². The van der Waals surface area contributed by atoms with Gasteiger partial charge in [-0.3, -0.25) is 0 Å². The van der Waals surface area contributed by atoms with Gasteiger partial charge in [-0.25, -0.2) is 15.0 Å². The highest BCUT2D eigenvalue weighted by atomic mass is 15.0.